The van der Waals surface area contributed by atoms with Gasteiger partial charge in [-0.05, 0) is 56.0 Å². The Morgan fingerprint density at radius 3 is 2.58 bits per heavy atom. The lowest BCUT2D eigenvalue weighted by Crippen LogP contribution is -2.54. The fourth-order valence-corrected chi connectivity index (χ4v) is 5.74. The Balaban J connectivity index is 1.33. The van der Waals surface area contributed by atoms with E-state index in [1.807, 2.05) is 11.8 Å². The van der Waals surface area contributed by atoms with Crippen LogP contribution in [0.3, 0.4) is 0 Å². The number of pyridine rings is 1. The van der Waals surface area contributed by atoms with Gasteiger partial charge in [0.1, 0.15) is 11.4 Å². The third-order valence-electron chi connectivity index (χ3n) is 7.22. The first-order valence-corrected chi connectivity index (χ1v) is 11.8. The first-order chi connectivity index (χ1) is 15.9. The van der Waals surface area contributed by atoms with Crippen molar-refractivity contribution in [3.05, 3.63) is 52.1 Å². The monoisotopic (exact) mass is 470 g/mol. The zero-order valence-corrected chi connectivity index (χ0v) is 19.3. The molecule has 3 aliphatic rings. The number of allylic oxidation sites excluding steroid dienone is 1. The van der Waals surface area contributed by atoms with Gasteiger partial charge in [0.2, 0.25) is 5.43 Å². The summed E-state index contributed by atoms with van der Waals surface area (Å²) in [5.74, 6) is -0.586. The number of fused-ring (bicyclic) bond motifs is 3. The van der Waals surface area contributed by atoms with E-state index in [0.717, 1.165) is 11.5 Å². The molecule has 2 N–H and O–H groups in total. The highest BCUT2D eigenvalue weighted by atomic mass is 32.1. The molecule has 0 unspecified atom stereocenters. The van der Waals surface area contributed by atoms with Crippen LogP contribution in [0.4, 0.5) is 10.1 Å². The van der Waals surface area contributed by atoms with Crippen LogP contribution in [0.25, 0.3) is 10.9 Å². The van der Waals surface area contributed by atoms with Gasteiger partial charge < -0.3 is 24.8 Å². The van der Waals surface area contributed by atoms with Gasteiger partial charge in [-0.3, -0.25) is 4.79 Å². The second-order valence-electron chi connectivity index (χ2n) is 9.09. The average Bonchev–Trinajstić information content (AvgIpc) is 3.42. The smallest absolute Gasteiger partial charge is 0.341 e. The number of nitrogens with one attached hydrogen (secondary N) is 1. The van der Waals surface area contributed by atoms with E-state index < -0.39 is 17.2 Å². The van der Waals surface area contributed by atoms with E-state index in [4.69, 9.17) is 12.2 Å². The number of piperazine rings is 1. The molecule has 33 heavy (non-hydrogen) atoms. The number of anilines is 1. The van der Waals surface area contributed by atoms with Crippen molar-refractivity contribution in [2.75, 3.05) is 31.1 Å². The number of carboxylic acid groups (broad SMARTS) is 1. The van der Waals surface area contributed by atoms with Crippen LogP contribution in [0, 0.1) is 17.7 Å². The number of aromatic carboxylic acids is 1. The Bertz CT molecular complexity index is 1220. The standard InChI is InChI=1S/C24H27FN4O3S/c1-2-27-13-17(23(31)32)22(30)16-11-18(25)21(12-20(16)27)28-5-7-29(8-6-28)24(33)26-19-10-14-3-4-15(19)9-14/h3-4,11-15,19H,2,5-10H2,1H3,(H,26,33)(H,31,32)/t14-,15-,19-/m0/s1. The Morgan fingerprint density at radius 1 is 1.21 bits per heavy atom. The summed E-state index contributed by atoms with van der Waals surface area (Å²) in [5.41, 5.74) is -0.0572. The lowest BCUT2D eigenvalue weighted by molar-refractivity contribution is 0.0695. The van der Waals surface area contributed by atoms with Crippen LogP contribution in [0.1, 0.15) is 30.1 Å². The van der Waals surface area contributed by atoms with Crippen LogP contribution < -0.4 is 15.6 Å². The molecule has 174 valence electrons. The summed E-state index contributed by atoms with van der Waals surface area (Å²) in [7, 11) is 0. The normalized spacial score (nSPS) is 24.0. The SMILES string of the molecule is CCn1cc(C(=O)O)c(=O)c2cc(F)c(N3CCN(C(=S)N[C@H]4C[C@H]5C=C[C@H]4C5)CC3)cc21. The Hall–Kier alpha value is -2.94. The summed E-state index contributed by atoms with van der Waals surface area (Å²) in [6.07, 6.45) is 8.29. The first-order valence-electron chi connectivity index (χ1n) is 11.4. The molecule has 0 spiro atoms. The Morgan fingerprint density at radius 2 is 1.97 bits per heavy atom. The lowest BCUT2D eigenvalue weighted by atomic mass is 10.0. The van der Waals surface area contributed by atoms with E-state index in [1.54, 1.807) is 10.6 Å². The van der Waals surface area contributed by atoms with Crippen LogP contribution in [0.2, 0.25) is 0 Å². The minimum atomic E-state index is -1.31. The van der Waals surface area contributed by atoms with E-state index in [2.05, 4.69) is 22.4 Å². The molecule has 9 heteroatoms. The van der Waals surface area contributed by atoms with E-state index >= 15 is 4.39 Å². The summed E-state index contributed by atoms with van der Waals surface area (Å²) in [6.45, 7) is 4.89. The molecule has 0 radical (unpaired) electrons. The van der Waals surface area contributed by atoms with Crippen molar-refractivity contribution >= 4 is 39.9 Å². The molecule has 2 bridgehead atoms. The van der Waals surface area contributed by atoms with E-state index in [-0.39, 0.29) is 10.9 Å². The van der Waals surface area contributed by atoms with Gasteiger partial charge in [-0.2, -0.15) is 0 Å². The number of aryl methyl sites for hydroxylation is 1. The number of rotatable bonds is 4. The predicted octanol–water partition coefficient (Wildman–Crippen LogP) is 2.82. The van der Waals surface area contributed by atoms with Gasteiger partial charge in [-0.1, -0.05) is 12.2 Å². The Kier molecular flexibility index (Phi) is 5.60. The number of benzene rings is 1. The molecule has 1 saturated carbocycles. The zero-order valence-electron chi connectivity index (χ0n) is 18.5. The molecule has 3 atom stereocenters. The number of nitrogens with zero attached hydrogens (tertiary/aromatic N) is 3. The molecule has 1 saturated heterocycles. The second kappa shape index (κ2) is 8.44. The van der Waals surface area contributed by atoms with Crippen molar-refractivity contribution in [1.82, 2.24) is 14.8 Å². The fraction of sp³-hybridized carbons (Fsp3) is 0.458. The van der Waals surface area contributed by atoms with Crippen molar-refractivity contribution in [2.45, 2.75) is 32.4 Å². The average molecular weight is 471 g/mol. The third-order valence-corrected chi connectivity index (χ3v) is 7.59. The molecule has 1 aromatic carbocycles. The molecule has 1 aromatic heterocycles. The summed E-state index contributed by atoms with van der Waals surface area (Å²) in [6, 6.07) is 3.24. The van der Waals surface area contributed by atoms with Crippen LogP contribution >= 0.6 is 12.2 Å². The maximum atomic E-state index is 15.1. The highest BCUT2D eigenvalue weighted by molar-refractivity contribution is 7.80. The van der Waals surface area contributed by atoms with E-state index in [1.165, 1.54) is 18.7 Å². The fourth-order valence-electron chi connectivity index (χ4n) is 5.40. The molecular formula is C24H27FN4O3S. The van der Waals surface area contributed by atoms with E-state index in [0.29, 0.717) is 61.8 Å². The first kappa shape index (κ1) is 21.9. The quantitative estimate of drug-likeness (QED) is 0.526. The van der Waals surface area contributed by atoms with Crippen LogP contribution in [-0.4, -0.2) is 57.9 Å². The van der Waals surface area contributed by atoms with Gasteiger partial charge in [-0.15, -0.1) is 0 Å². The summed E-state index contributed by atoms with van der Waals surface area (Å²) >= 11 is 5.66. The minimum Gasteiger partial charge on any atom is -0.477 e. The second-order valence-corrected chi connectivity index (χ2v) is 9.48. The molecule has 7 nitrogen and oxygen atoms in total. The zero-order chi connectivity index (χ0) is 23.3. The van der Waals surface area contributed by atoms with Gasteiger partial charge in [0.05, 0.1) is 11.2 Å². The highest BCUT2D eigenvalue weighted by Gasteiger charge is 2.36. The van der Waals surface area contributed by atoms with Gasteiger partial charge in [-0.25, -0.2) is 9.18 Å². The van der Waals surface area contributed by atoms with Crippen molar-refractivity contribution in [2.24, 2.45) is 11.8 Å². The number of hydrogen-bond donors (Lipinski definition) is 2. The number of carboxylic acids is 1. The van der Waals surface area contributed by atoms with Crippen molar-refractivity contribution < 1.29 is 14.3 Å². The molecule has 5 rings (SSSR count). The van der Waals surface area contributed by atoms with Crippen molar-refractivity contribution in [3.63, 3.8) is 0 Å². The van der Waals surface area contributed by atoms with Crippen LogP contribution in [0.5, 0.6) is 0 Å². The molecule has 2 aliphatic carbocycles. The molecule has 0 amide bonds. The van der Waals surface area contributed by atoms with E-state index in [9.17, 15) is 14.7 Å². The number of halogens is 1. The number of thiocarbonyl (C=S) groups is 1. The lowest BCUT2D eigenvalue weighted by Gasteiger charge is -2.38. The van der Waals surface area contributed by atoms with Crippen LogP contribution in [-0.2, 0) is 6.54 Å². The van der Waals surface area contributed by atoms with Crippen LogP contribution in [0.15, 0.2) is 35.3 Å². The summed E-state index contributed by atoms with van der Waals surface area (Å²) in [5, 5.41) is 13.7. The molecular weight excluding hydrogens is 443 g/mol. The summed E-state index contributed by atoms with van der Waals surface area (Å²) in [4.78, 5) is 28.1. The predicted molar refractivity (Wildman–Crippen MR) is 129 cm³/mol. The maximum absolute atomic E-state index is 15.1. The maximum Gasteiger partial charge on any atom is 0.341 e. The summed E-state index contributed by atoms with van der Waals surface area (Å²) < 4.78 is 16.8. The van der Waals surface area contributed by atoms with Crippen molar-refractivity contribution in [3.8, 4) is 0 Å². The molecule has 2 aromatic rings. The molecule has 1 aliphatic heterocycles. The minimum absolute atomic E-state index is 0.0851. The Labute approximate surface area is 196 Å². The molecule has 2 heterocycles. The third kappa shape index (κ3) is 3.88. The number of aromatic nitrogens is 1. The van der Waals surface area contributed by atoms with Crippen molar-refractivity contribution in [1.29, 1.82) is 0 Å². The number of carbonyl (C=O) groups is 1. The largest absolute Gasteiger partial charge is 0.477 e. The van der Waals surface area contributed by atoms with Gasteiger partial charge in [0, 0.05) is 50.3 Å². The number of hydrogen-bond acceptors (Lipinski definition) is 4. The van der Waals surface area contributed by atoms with Gasteiger partial charge >= 0.3 is 5.97 Å². The molecule has 2 fully saturated rings. The van der Waals surface area contributed by atoms with Gasteiger partial charge in [0.15, 0.2) is 5.11 Å². The topological polar surface area (TPSA) is 77.8 Å². The highest BCUT2D eigenvalue weighted by Crippen LogP contribution is 2.39. The van der Waals surface area contributed by atoms with Gasteiger partial charge in [0.25, 0.3) is 0 Å².